The van der Waals surface area contributed by atoms with Crippen LogP contribution in [-0.4, -0.2) is 17.6 Å². The maximum absolute atomic E-state index is 13.6. The van der Waals surface area contributed by atoms with Crippen LogP contribution in [0.4, 0.5) is 4.39 Å². The molecule has 0 saturated heterocycles. The van der Waals surface area contributed by atoms with Gasteiger partial charge in [-0.25, -0.2) is 9.38 Å². The van der Waals surface area contributed by atoms with E-state index in [1.54, 1.807) is 30.3 Å². The van der Waals surface area contributed by atoms with E-state index in [9.17, 15) is 9.50 Å². The molecule has 0 fully saturated rings. The zero-order valence-corrected chi connectivity index (χ0v) is 15.3. The zero-order chi connectivity index (χ0) is 15.8. The molecule has 0 aliphatic heterocycles. The van der Waals surface area contributed by atoms with Crippen LogP contribution < -0.4 is 10.6 Å². The molecule has 0 aliphatic carbocycles. The molecule has 23 heavy (non-hydrogen) atoms. The van der Waals surface area contributed by atoms with E-state index in [2.05, 4.69) is 15.6 Å². The Labute approximate surface area is 152 Å². The van der Waals surface area contributed by atoms with Crippen molar-refractivity contribution in [3.63, 3.8) is 0 Å². The topological polar surface area (TPSA) is 56.7 Å². The third-order valence-electron chi connectivity index (χ3n) is 3.10. The monoisotopic (exact) mass is 429 g/mol. The highest BCUT2D eigenvalue weighted by Crippen LogP contribution is 2.10. The molecule has 0 spiro atoms. The van der Waals surface area contributed by atoms with Crippen LogP contribution in [0.25, 0.3) is 0 Å². The molecular formula is C17H21FIN3O. The number of halogens is 2. The SMILES string of the molecule is CCNC(=NCc1ccc(O)cc1)NCc1ccccc1F.I. The number of phenols is 1. The van der Waals surface area contributed by atoms with E-state index in [4.69, 9.17) is 0 Å². The Morgan fingerprint density at radius 1 is 1.09 bits per heavy atom. The summed E-state index contributed by atoms with van der Waals surface area (Å²) in [4.78, 5) is 4.45. The van der Waals surface area contributed by atoms with Crippen molar-refractivity contribution < 1.29 is 9.50 Å². The van der Waals surface area contributed by atoms with Crippen molar-refractivity contribution >= 4 is 29.9 Å². The third-order valence-corrected chi connectivity index (χ3v) is 3.10. The van der Waals surface area contributed by atoms with Gasteiger partial charge in [-0.2, -0.15) is 0 Å². The lowest BCUT2D eigenvalue weighted by atomic mass is 10.2. The minimum atomic E-state index is -0.232. The number of hydrogen-bond donors (Lipinski definition) is 3. The van der Waals surface area contributed by atoms with E-state index in [1.807, 2.05) is 19.1 Å². The average molecular weight is 429 g/mol. The predicted molar refractivity (Wildman–Crippen MR) is 102 cm³/mol. The van der Waals surface area contributed by atoms with E-state index < -0.39 is 0 Å². The van der Waals surface area contributed by atoms with Gasteiger partial charge in [-0.15, -0.1) is 24.0 Å². The number of rotatable bonds is 5. The molecule has 0 heterocycles. The van der Waals surface area contributed by atoms with Gasteiger partial charge in [0.2, 0.25) is 0 Å². The molecule has 0 bridgehead atoms. The van der Waals surface area contributed by atoms with E-state index in [-0.39, 0.29) is 35.5 Å². The van der Waals surface area contributed by atoms with Crippen LogP contribution in [0, 0.1) is 5.82 Å². The van der Waals surface area contributed by atoms with Crippen LogP contribution in [0.1, 0.15) is 18.1 Å². The number of guanidine groups is 1. The van der Waals surface area contributed by atoms with Crippen molar-refractivity contribution in [2.75, 3.05) is 6.54 Å². The fraction of sp³-hybridized carbons (Fsp3) is 0.235. The highest BCUT2D eigenvalue weighted by Gasteiger charge is 2.02. The molecule has 2 aromatic carbocycles. The van der Waals surface area contributed by atoms with Crippen molar-refractivity contribution in [2.24, 2.45) is 4.99 Å². The quantitative estimate of drug-likeness (QED) is 0.388. The van der Waals surface area contributed by atoms with Crippen LogP contribution in [-0.2, 0) is 13.1 Å². The number of aromatic hydroxyl groups is 1. The van der Waals surface area contributed by atoms with Gasteiger partial charge in [0.1, 0.15) is 11.6 Å². The Hall–Kier alpha value is -1.83. The van der Waals surface area contributed by atoms with Crippen molar-refractivity contribution in [1.29, 1.82) is 0 Å². The molecule has 0 saturated carbocycles. The van der Waals surface area contributed by atoms with E-state index in [0.717, 1.165) is 12.1 Å². The Morgan fingerprint density at radius 2 is 1.78 bits per heavy atom. The number of hydrogen-bond acceptors (Lipinski definition) is 2. The first-order valence-corrected chi connectivity index (χ1v) is 7.22. The summed E-state index contributed by atoms with van der Waals surface area (Å²) < 4.78 is 13.6. The van der Waals surface area contributed by atoms with Crippen LogP contribution in [0.5, 0.6) is 5.75 Å². The number of nitrogens with one attached hydrogen (secondary N) is 2. The summed E-state index contributed by atoms with van der Waals surface area (Å²) in [6.07, 6.45) is 0. The summed E-state index contributed by atoms with van der Waals surface area (Å²) in [6.45, 7) is 3.54. The fourth-order valence-corrected chi connectivity index (χ4v) is 1.93. The van der Waals surface area contributed by atoms with Gasteiger partial charge in [-0.1, -0.05) is 30.3 Å². The normalized spacial score (nSPS) is 10.8. The van der Waals surface area contributed by atoms with Gasteiger partial charge in [0, 0.05) is 18.7 Å². The Morgan fingerprint density at radius 3 is 2.43 bits per heavy atom. The molecule has 0 aromatic heterocycles. The van der Waals surface area contributed by atoms with Crippen LogP contribution in [0.2, 0.25) is 0 Å². The van der Waals surface area contributed by atoms with Gasteiger partial charge < -0.3 is 15.7 Å². The standard InChI is InChI=1S/C17H20FN3O.HI/c1-2-19-17(20-11-13-7-9-15(22)10-8-13)21-12-14-5-3-4-6-16(14)18;/h3-10,22H,2,11-12H2,1H3,(H2,19,20,21);1H. The minimum Gasteiger partial charge on any atom is -0.508 e. The van der Waals surface area contributed by atoms with Crippen molar-refractivity contribution in [3.05, 3.63) is 65.5 Å². The van der Waals surface area contributed by atoms with Crippen molar-refractivity contribution in [1.82, 2.24) is 10.6 Å². The molecule has 4 nitrogen and oxygen atoms in total. The smallest absolute Gasteiger partial charge is 0.191 e. The summed E-state index contributed by atoms with van der Waals surface area (Å²) in [5, 5.41) is 15.5. The predicted octanol–water partition coefficient (Wildman–Crippen LogP) is 3.40. The van der Waals surface area contributed by atoms with Gasteiger partial charge in [-0.05, 0) is 30.7 Å². The summed E-state index contributed by atoms with van der Waals surface area (Å²) in [7, 11) is 0. The van der Waals surface area contributed by atoms with E-state index in [1.165, 1.54) is 6.07 Å². The molecule has 0 amide bonds. The highest BCUT2D eigenvalue weighted by molar-refractivity contribution is 14.0. The Bertz CT molecular complexity index is 632. The van der Waals surface area contributed by atoms with Gasteiger partial charge in [0.05, 0.1) is 6.54 Å². The highest BCUT2D eigenvalue weighted by atomic mass is 127. The second-order valence-corrected chi connectivity index (χ2v) is 4.81. The first-order chi connectivity index (χ1) is 10.7. The largest absolute Gasteiger partial charge is 0.508 e. The maximum Gasteiger partial charge on any atom is 0.191 e. The fourth-order valence-electron chi connectivity index (χ4n) is 1.93. The molecule has 6 heteroatoms. The van der Waals surface area contributed by atoms with Crippen LogP contribution >= 0.6 is 24.0 Å². The first kappa shape index (κ1) is 19.2. The molecular weight excluding hydrogens is 408 g/mol. The maximum atomic E-state index is 13.6. The Kier molecular flexibility index (Phi) is 8.39. The molecule has 124 valence electrons. The number of benzene rings is 2. The second kappa shape index (κ2) is 10.0. The van der Waals surface area contributed by atoms with Gasteiger partial charge >= 0.3 is 0 Å². The third kappa shape index (κ3) is 6.43. The lowest BCUT2D eigenvalue weighted by Gasteiger charge is -2.11. The summed E-state index contributed by atoms with van der Waals surface area (Å²) >= 11 is 0. The van der Waals surface area contributed by atoms with E-state index in [0.29, 0.717) is 24.6 Å². The first-order valence-electron chi connectivity index (χ1n) is 7.22. The molecule has 0 radical (unpaired) electrons. The van der Waals surface area contributed by atoms with Gasteiger partial charge in [0.15, 0.2) is 5.96 Å². The summed E-state index contributed by atoms with van der Waals surface area (Å²) in [6, 6.07) is 13.6. The van der Waals surface area contributed by atoms with Gasteiger partial charge in [-0.3, -0.25) is 0 Å². The summed E-state index contributed by atoms with van der Waals surface area (Å²) in [5.74, 6) is 0.625. The molecule has 0 aliphatic rings. The summed E-state index contributed by atoms with van der Waals surface area (Å²) in [5.41, 5.74) is 1.58. The van der Waals surface area contributed by atoms with Crippen molar-refractivity contribution in [3.8, 4) is 5.75 Å². The molecule has 2 rings (SSSR count). The average Bonchev–Trinajstić information content (AvgIpc) is 2.53. The number of phenolic OH excluding ortho intramolecular Hbond substituents is 1. The van der Waals surface area contributed by atoms with Crippen LogP contribution in [0.15, 0.2) is 53.5 Å². The Balaban J connectivity index is 0.00000264. The molecule has 0 atom stereocenters. The minimum absolute atomic E-state index is 0. The number of nitrogens with zero attached hydrogens (tertiary/aromatic N) is 1. The molecule has 2 aromatic rings. The zero-order valence-electron chi connectivity index (χ0n) is 12.9. The molecule has 3 N–H and O–H groups in total. The second-order valence-electron chi connectivity index (χ2n) is 4.81. The van der Waals surface area contributed by atoms with E-state index >= 15 is 0 Å². The molecule has 0 unspecified atom stereocenters. The lowest BCUT2D eigenvalue weighted by Crippen LogP contribution is -2.37. The van der Waals surface area contributed by atoms with Crippen LogP contribution in [0.3, 0.4) is 0 Å². The van der Waals surface area contributed by atoms with Gasteiger partial charge in [0.25, 0.3) is 0 Å². The van der Waals surface area contributed by atoms with Crippen molar-refractivity contribution in [2.45, 2.75) is 20.0 Å². The lowest BCUT2D eigenvalue weighted by molar-refractivity contribution is 0.475. The number of aliphatic imine (C=N–C) groups is 1.